The maximum atomic E-state index is 12.0. The molecule has 0 unspecified atom stereocenters. The lowest BCUT2D eigenvalue weighted by Crippen LogP contribution is -2.25. The third-order valence-corrected chi connectivity index (χ3v) is 2.46. The van der Waals surface area contributed by atoms with E-state index in [4.69, 9.17) is 0 Å². The van der Waals surface area contributed by atoms with Crippen LogP contribution in [0.1, 0.15) is 23.7 Å². The van der Waals surface area contributed by atoms with E-state index in [-0.39, 0.29) is 18.0 Å². The molecular formula is C13H14O4. The number of hydrogen-bond donors (Lipinski definition) is 0. The predicted octanol–water partition coefficient (Wildman–Crippen LogP) is 1.64. The first-order valence-corrected chi connectivity index (χ1v) is 5.22. The van der Waals surface area contributed by atoms with Gasteiger partial charge in [0.1, 0.15) is 5.78 Å². The predicted molar refractivity (Wildman–Crippen MR) is 61.6 cm³/mol. The number of hydrogen-bond acceptors (Lipinski definition) is 4. The fourth-order valence-corrected chi connectivity index (χ4v) is 1.47. The summed E-state index contributed by atoms with van der Waals surface area (Å²) in [5.41, 5.74) is 0.427. The fourth-order valence-electron chi connectivity index (χ4n) is 1.47. The van der Waals surface area contributed by atoms with Crippen molar-refractivity contribution in [3.05, 3.63) is 35.9 Å². The number of carbonyl (C=O) groups is 3. The second kappa shape index (κ2) is 5.94. The summed E-state index contributed by atoms with van der Waals surface area (Å²) in [7, 11) is 1.23. The second-order valence-corrected chi connectivity index (χ2v) is 3.67. The van der Waals surface area contributed by atoms with Crippen molar-refractivity contribution in [1.82, 2.24) is 0 Å². The smallest absolute Gasteiger partial charge is 0.306 e. The van der Waals surface area contributed by atoms with Gasteiger partial charge < -0.3 is 4.74 Å². The van der Waals surface area contributed by atoms with E-state index >= 15 is 0 Å². The first-order valence-electron chi connectivity index (χ1n) is 5.22. The molecule has 4 nitrogen and oxygen atoms in total. The van der Waals surface area contributed by atoms with Crippen LogP contribution in [0.2, 0.25) is 0 Å². The Bertz CT molecular complexity index is 422. The number of ketones is 2. The van der Waals surface area contributed by atoms with E-state index < -0.39 is 11.9 Å². The van der Waals surface area contributed by atoms with Gasteiger partial charge in [0.2, 0.25) is 0 Å². The number of rotatable bonds is 5. The zero-order valence-corrected chi connectivity index (χ0v) is 9.80. The molecule has 0 spiro atoms. The highest BCUT2D eigenvalue weighted by atomic mass is 16.5. The van der Waals surface area contributed by atoms with Crippen molar-refractivity contribution in [3.8, 4) is 0 Å². The molecule has 1 aromatic carbocycles. The lowest BCUT2D eigenvalue weighted by Gasteiger charge is -2.11. The Morgan fingerprint density at radius 1 is 1.18 bits per heavy atom. The molecule has 4 heteroatoms. The molecule has 0 aliphatic heterocycles. The highest BCUT2D eigenvalue weighted by Gasteiger charge is 2.27. The van der Waals surface area contributed by atoms with E-state index in [9.17, 15) is 14.4 Å². The van der Waals surface area contributed by atoms with Crippen LogP contribution in [0.4, 0.5) is 0 Å². The van der Waals surface area contributed by atoms with Crippen molar-refractivity contribution in [2.24, 2.45) is 5.92 Å². The standard InChI is InChI=1S/C13H14O4/c1-9(14)11(8-12(15)17-2)13(16)10-6-4-3-5-7-10/h3-7,11H,8H2,1-2H3/t11-/m0/s1. The van der Waals surface area contributed by atoms with E-state index in [1.54, 1.807) is 30.3 Å². The van der Waals surface area contributed by atoms with E-state index in [0.717, 1.165) is 0 Å². The topological polar surface area (TPSA) is 60.4 Å². The summed E-state index contributed by atoms with van der Waals surface area (Å²) < 4.78 is 4.47. The van der Waals surface area contributed by atoms with E-state index in [1.807, 2.05) is 0 Å². The fraction of sp³-hybridized carbons (Fsp3) is 0.308. The van der Waals surface area contributed by atoms with Crippen molar-refractivity contribution >= 4 is 17.5 Å². The summed E-state index contributed by atoms with van der Waals surface area (Å²) in [5.74, 6) is -2.19. The van der Waals surface area contributed by atoms with Gasteiger partial charge in [0.05, 0.1) is 19.4 Å². The minimum atomic E-state index is -0.954. The SMILES string of the molecule is COC(=O)C[C@@H](C(C)=O)C(=O)c1ccccc1. The maximum Gasteiger partial charge on any atom is 0.306 e. The molecule has 90 valence electrons. The first-order chi connectivity index (χ1) is 8.06. The van der Waals surface area contributed by atoms with Crippen LogP contribution in [0.3, 0.4) is 0 Å². The van der Waals surface area contributed by atoms with Crippen molar-refractivity contribution < 1.29 is 19.1 Å². The Morgan fingerprint density at radius 3 is 2.24 bits per heavy atom. The third-order valence-electron chi connectivity index (χ3n) is 2.46. The molecule has 0 aliphatic carbocycles. The Morgan fingerprint density at radius 2 is 1.76 bits per heavy atom. The minimum Gasteiger partial charge on any atom is -0.469 e. The van der Waals surface area contributed by atoms with E-state index in [2.05, 4.69) is 4.74 Å². The van der Waals surface area contributed by atoms with Crippen LogP contribution >= 0.6 is 0 Å². The zero-order valence-electron chi connectivity index (χ0n) is 9.80. The molecule has 0 aliphatic rings. The molecule has 1 atom stereocenters. The lowest BCUT2D eigenvalue weighted by molar-refractivity contribution is -0.143. The summed E-state index contributed by atoms with van der Waals surface area (Å²) >= 11 is 0. The maximum absolute atomic E-state index is 12.0. The summed E-state index contributed by atoms with van der Waals surface area (Å²) in [5, 5.41) is 0. The van der Waals surface area contributed by atoms with Crippen molar-refractivity contribution in [3.63, 3.8) is 0 Å². The van der Waals surface area contributed by atoms with Gasteiger partial charge in [-0.3, -0.25) is 14.4 Å². The number of esters is 1. The van der Waals surface area contributed by atoms with Crippen molar-refractivity contribution in [2.75, 3.05) is 7.11 Å². The van der Waals surface area contributed by atoms with E-state index in [1.165, 1.54) is 14.0 Å². The number of Topliss-reactive ketones (excluding diaryl/α,β-unsaturated/α-hetero) is 2. The van der Waals surface area contributed by atoms with Gasteiger partial charge in [-0.2, -0.15) is 0 Å². The molecule has 0 aromatic heterocycles. The Kier molecular flexibility index (Phi) is 4.57. The second-order valence-electron chi connectivity index (χ2n) is 3.67. The summed E-state index contributed by atoms with van der Waals surface area (Å²) in [6.07, 6.45) is -0.209. The molecule has 17 heavy (non-hydrogen) atoms. The highest BCUT2D eigenvalue weighted by Crippen LogP contribution is 2.14. The van der Waals surface area contributed by atoms with Crippen molar-refractivity contribution in [1.29, 1.82) is 0 Å². The zero-order chi connectivity index (χ0) is 12.8. The van der Waals surface area contributed by atoms with Crippen LogP contribution in [0.15, 0.2) is 30.3 Å². The molecule has 0 heterocycles. The van der Waals surface area contributed by atoms with Crippen LogP contribution in [0, 0.1) is 5.92 Å². The highest BCUT2D eigenvalue weighted by molar-refractivity contribution is 6.11. The minimum absolute atomic E-state index is 0.209. The van der Waals surface area contributed by atoms with Crippen LogP contribution < -0.4 is 0 Å². The van der Waals surface area contributed by atoms with Crippen LogP contribution in [0.5, 0.6) is 0 Å². The van der Waals surface area contributed by atoms with Crippen LogP contribution in [0.25, 0.3) is 0 Å². The lowest BCUT2D eigenvalue weighted by atomic mass is 9.91. The van der Waals surface area contributed by atoms with Gasteiger partial charge >= 0.3 is 5.97 Å². The number of methoxy groups -OCH3 is 1. The van der Waals surface area contributed by atoms with Gasteiger partial charge in [0, 0.05) is 5.56 Å². The Balaban J connectivity index is 2.89. The summed E-state index contributed by atoms with van der Waals surface area (Å²) in [4.78, 5) is 34.5. The average molecular weight is 234 g/mol. The summed E-state index contributed by atoms with van der Waals surface area (Å²) in [6.45, 7) is 1.30. The number of benzene rings is 1. The van der Waals surface area contributed by atoms with Crippen LogP contribution in [-0.4, -0.2) is 24.6 Å². The van der Waals surface area contributed by atoms with Crippen LogP contribution in [-0.2, 0) is 14.3 Å². The molecule has 0 radical (unpaired) electrons. The molecule has 1 rings (SSSR count). The average Bonchev–Trinajstić information content (AvgIpc) is 2.35. The van der Waals surface area contributed by atoms with Crippen molar-refractivity contribution in [2.45, 2.75) is 13.3 Å². The van der Waals surface area contributed by atoms with E-state index in [0.29, 0.717) is 5.56 Å². The Labute approximate surface area is 99.6 Å². The normalized spacial score (nSPS) is 11.6. The first kappa shape index (κ1) is 13.1. The summed E-state index contributed by atoms with van der Waals surface area (Å²) in [6, 6.07) is 8.44. The Hall–Kier alpha value is -1.97. The van der Waals surface area contributed by atoms with Gasteiger partial charge in [0.25, 0.3) is 0 Å². The third kappa shape index (κ3) is 3.52. The largest absolute Gasteiger partial charge is 0.469 e. The molecule has 0 saturated heterocycles. The van der Waals surface area contributed by atoms with Gasteiger partial charge in [0.15, 0.2) is 5.78 Å². The molecular weight excluding hydrogens is 220 g/mol. The molecule has 0 bridgehead atoms. The van der Waals surface area contributed by atoms with Gasteiger partial charge in [-0.05, 0) is 6.92 Å². The number of ether oxygens (including phenoxy) is 1. The molecule has 0 amide bonds. The van der Waals surface area contributed by atoms with Gasteiger partial charge in [-0.15, -0.1) is 0 Å². The monoisotopic (exact) mass is 234 g/mol. The van der Waals surface area contributed by atoms with Gasteiger partial charge in [-0.25, -0.2) is 0 Å². The van der Waals surface area contributed by atoms with Gasteiger partial charge in [-0.1, -0.05) is 30.3 Å². The number of carbonyl (C=O) groups excluding carboxylic acids is 3. The quantitative estimate of drug-likeness (QED) is 0.441. The molecule has 1 aromatic rings. The molecule has 0 N–H and O–H groups in total. The molecule has 0 fully saturated rings. The molecule has 0 saturated carbocycles.